The van der Waals surface area contributed by atoms with E-state index in [4.69, 9.17) is 23.7 Å². The number of rotatable bonds is 16. The summed E-state index contributed by atoms with van der Waals surface area (Å²) in [6.07, 6.45) is -0.127. The fraction of sp³-hybridized carbons (Fsp3) is 0.950. The molecule has 6 atom stereocenters. The van der Waals surface area contributed by atoms with E-state index < -0.39 is 6.10 Å². The number of hydrogen-bond acceptors (Lipinski definition) is 7. The van der Waals surface area contributed by atoms with Crippen molar-refractivity contribution in [3.63, 3.8) is 0 Å². The quantitative estimate of drug-likeness (QED) is 0.404. The molecule has 1 N–H and O–H groups in total. The highest BCUT2D eigenvalue weighted by Crippen LogP contribution is 2.06. The highest BCUT2D eigenvalue weighted by atomic mass is 16.6. The molecule has 0 aliphatic heterocycles. The van der Waals surface area contributed by atoms with E-state index in [1.807, 2.05) is 41.5 Å². The van der Waals surface area contributed by atoms with E-state index in [0.717, 1.165) is 6.42 Å². The normalized spacial score (nSPS) is 18.4. The van der Waals surface area contributed by atoms with Crippen molar-refractivity contribution in [2.24, 2.45) is 5.92 Å². The molecule has 7 nitrogen and oxygen atoms in total. The molecule has 0 spiro atoms. The Morgan fingerprint density at radius 1 is 0.704 bits per heavy atom. The number of carbonyl (C=O) groups is 1. The lowest BCUT2D eigenvalue weighted by Gasteiger charge is -2.21. The van der Waals surface area contributed by atoms with Crippen LogP contribution in [-0.4, -0.2) is 74.6 Å². The molecule has 0 aliphatic carbocycles. The zero-order chi connectivity index (χ0) is 20.8. The molecule has 0 aliphatic rings. The number of aliphatic hydroxyl groups is 1. The molecule has 6 unspecified atom stereocenters. The smallest absolute Gasteiger partial charge is 0.308 e. The first-order chi connectivity index (χ1) is 12.6. The van der Waals surface area contributed by atoms with Crippen LogP contribution in [0.15, 0.2) is 0 Å². The molecule has 0 bridgehead atoms. The second kappa shape index (κ2) is 15.2. The van der Waals surface area contributed by atoms with Gasteiger partial charge in [-0.1, -0.05) is 13.8 Å². The van der Waals surface area contributed by atoms with E-state index in [0.29, 0.717) is 26.4 Å². The molecule has 0 heterocycles. The summed E-state index contributed by atoms with van der Waals surface area (Å²) >= 11 is 0. The number of aliphatic hydroxyl groups excluding tert-OH is 1. The first-order valence-corrected chi connectivity index (χ1v) is 9.96. The average Bonchev–Trinajstić information content (AvgIpc) is 2.64. The van der Waals surface area contributed by atoms with Crippen molar-refractivity contribution in [2.45, 2.75) is 85.4 Å². The van der Waals surface area contributed by atoms with Crippen LogP contribution in [0.25, 0.3) is 0 Å². The first-order valence-electron chi connectivity index (χ1n) is 9.96. The minimum Gasteiger partial charge on any atom is -0.463 e. The minimum absolute atomic E-state index is 0.0704. The Morgan fingerprint density at radius 3 is 1.44 bits per heavy atom. The van der Waals surface area contributed by atoms with Gasteiger partial charge >= 0.3 is 5.97 Å². The number of esters is 1. The largest absolute Gasteiger partial charge is 0.463 e. The Morgan fingerprint density at radius 2 is 1.07 bits per heavy atom. The molecule has 0 radical (unpaired) electrons. The Labute approximate surface area is 164 Å². The molecule has 0 saturated carbocycles. The van der Waals surface area contributed by atoms with Crippen molar-refractivity contribution in [1.82, 2.24) is 0 Å². The number of hydrogen-bond donors (Lipinski definition) is 1. The molecule has 27 heavy (non-hydrogen) atoms. The Bertz CT molecular complexity index is 375. The van der Waals surface area contributed by atoms with Crippen LogP contribution in [-0.2, 0) is 28.5 Å². The summed E-state index contributed by atoms with van der Waals surface area (Å²) < 4.78 is 27.7. The zero-order valence-corrected chi connectivity index (χ0v) is 18.1. The monoisotopic (exact) mass is 392 g/mol. The van der Waals surface area contributed by atoms with E-state index in [1.165, 1.54) is 0 Å². The van der Waals surface area contributed by atoms with Crippen LogP contribution in [0.5, 0.6) is 0 Å². The Kier molecular flexibility index (Phi) is 14.8. The molecular weight excluding hydrogens is 352 g/mol. The van der Waals surface area contributed by atoms with Gasteiger partial charge in [-0.05, 0) is 41.0 Å². The maximum Gasteiger partial charge on any atom is 0.308 e. The van der Waals surface area contributed by atoms with E-state index in [9.17, 15) is 9.90 Å². The summed E-state index contributed by atoms with van der Waals surface area (Å²) in [5.41, 5.74) is 0. The SMILES string of the molecule is CCC(C)C(=O)OCC(C)OCC(C)OCC(C)OCC(C)OCC(C)O. The molecule has 7 heteroatoms. The summed E-state index contributed by atoms with van der Waals surface area (Å²) in [5, 5.41) is 9.19. The van der Waals surface area contributed by atoms with Crippen LogP contribution in [0.2, 0.25) is 0 Å². The maximum absolute atomic E-state index is 11.6. The summed E-state index contributed by atoms with van der Waals surface area (Å²) in [5.74, 6) is -0.268. The lowest BCUT2D eigenvalue weighted by molar-refractivity contribution is -0.153. The molecule has 0 aromatic heterocycles. The molecular formula is C20H40O7. The summed E-state index contributed by atoms with van der Waals surface area (Å²) in [6, 6.07) is 0. The van der Waals surface area contributed by atoms with E-state index in [-0.39, 0.29) is 42.9 Å². The third-order valence-electron chi connectivity index (χ3n) is 3.94. The Balaban J connectivity index is 3.80. The van der Waals surface area contributed by atoms with E-state index in [2.05, 4.69) is 0 Å². The predicted octanol–water partition coefficient (Wildman–Crippen LogP) is 2.58. The summed E-state index contributed by atoms with van der Waals surface area (Å²) in [6.45, 7) is 15.0. The van der Waals surface area contributed by atoms with Gasteiger partial charge in [0.05, 0.1) is 62.9 Å². The van der Waals surface area contributed by atoms with Crippen LogP contribution in [0.1, 0.15) is 54.9 Å². The van der Waals surface area contributed by atoms with Crippen LogP contribution in [0.3, 0.4) is 0 Å². The van der Waals surface area contributed by atoms with Gasteiger partial charge in [-0.3, -0.25) is 4.79 Å². The number of ether oxygens (including phenoxy) is 5. The van der Waals surface area contributed by atoms with Gasteiger partial charge in [-0.25, -0.2) is 0 Å². The first kappa shape index (κ1) is 26.3. The van der Waals surface area contributed by atoms with Crippen molar-refractivity contribution >= 4 is 5.97 Å². The van der Waals surface area contributed by atoms with Crippen molar-refractivity contribution in [2.75, 3.05) is 33.0 Å². The van der Waals surface area contributed by atoms with Crippen LogP contribution >= 0.6 is 0 Å². The molecule has 0 amide bonds. The van der Waals surface area contributed by atoms with Crippen molar-refractivity contribution in [3.8, 4) is 0 Å². The van der Waals surface area contributed by atoms with Crippen molar-refractivity contribution in [1.29, 1.82) is 0 Å². The van der Waals surface area contributed by atoms with Gasteiger partial charge in [0.15, 0.2) is 0 Å². The topological polar surface area (TPSA) is 83.5 Å². The summed E-state index contributed by atoms with van der Waals surface area (Å²) in [4.78, 5) is 11.6. The molecule has 0 rings (SSSR count). The standard InChI is InChI=1S/C20H40O7/c1-8-14(2)20(22)27-13-19(7)26-12-18(6)25-11-17(5)24-10-16(4)23-9-15(3)21/h14-19,21H,8-13H2,1-7H3. The van der Waals surface area contributed by atoms with Gasteiger partial charge in [-0.2, -0.15) is 0 Å². The Hall–Kier alpha value is -0.730. The lowest BCUT2D eigenvalue weighted by atomic mass is 10.1. The van der Waals surface area contributed by atoms with Crippen LogP contribution in [0, 0.1) is 5.92 Å². The highest BCUT2D eigenvalue weighted by molar-refractivity contribution is 5.71. The fourth-order valence-corrected chi connectivity index (χ4v) is 1.90. The number of carbonyl (C=O) groups excluding carboxylic acids is 1. The third-order valence-corrected chi connectivity index (χ3v) is 3.94. The minimum atomic E-state index is -0.477. The highest BCUT2D eigenvalue weighted by Gasteiger charge is 2.15. The second-order valence-electron chi connectivity index (χ2n) is 7.36. The van der Waals surface area contributed by atoms with Gasteiger partial charge in [0, 0.05) is 0 Å². The van der Waals surface area contributed by atoms with Crippen molar-refractivity contribution in [3.05, 3.63) is 0 Å². The van der Waals surface area contributed by atoms with Gasteiger partial charge in [-0.15, -0.1) is 0 Å². The predicted molar refractivity (Wildman–Crippen MR) is 104 cm³/mol. The average molecular weight is 393 g/mol. The third kappa shape index (κ3) is 14.9. The lowest BCUT2D eigenvalue weighted by Crippen LogP contribution is -2.29. The summed E-state index contributed by atoms with van der Waals surface area (Å²) in [7, 11) is 0. The van der Waals surface area contributed by atoms with Gasteiger partial charge in [0.1, 0.15) is 6.61 Å². The molecule has 0 saturated heterocycles. The maximum atomic E-state index is 11.6. The molecule has 0 aromatic rings. The van der Waals surface area contributed by atoms with Gasteiger partial charge < -0.3 is 28.8 Å². The zero-order valence-electron chi connectivity index (χ0n) is 18.1. The second-order valence-corrected chi connectivity index (χ2v) is 7.36. The molecule has 0 fully saturated rings. The molecule has 0 aromatic carbocycles. The van der Waals surface area contributed by atoms with Gasteiger partial charge in [0.2, 0.25) is 0 Å². The van der Waals surface area contributed by atoms with Crippen LogP contribution in [0.4, 0.5) is 0 Å². The van der Waals surface area contributed by atoms with Crippen LogP contribution < -0.4 is 0 Å². The molecule has 162 valence electrons. The van der Waals surface area contributed by atoms with Gasteiger partial charge in [0.25, 0.3) is 0 Å². The van der Waals surface area contributed by atoms with E-state index in [1.54, 1.807) is 6.92 Å². The fourth-order valence-electron chi connectivity index (χ4n) is 1.90. The van der Waals surface area contributed by atoms with E-state index >= 15 is 0 Å². The van der Waals surface area contributed by atoms with Crippen molar-refractivity contribution < 1.29 is 33.6 Å².